The van der Waals surface area contributed by atoms with Gasteiger partial charge in [-0.05, 0) is 56.0 Å². The first-order valence-electron chi connectivity index (χ1n) is 13.1. The smallest absolute Gasteiger partial charge is 0.0168 e. The summed E-state index contributed by atoms with van der Waals surface area (Å²) in [5.41, 5.74) is 11.9. The molecule has 0 spiro atoms. The first kappa shape index (κ1) is 23.0. The minimum Gasteiger partial charge on any atom is -0.0622 e. The molecule has 0 aliphatic heterocycles. The molecular weight excluding hydrogens is 444 g/mol. The van der Waals surface area contributed by atoms with Crippen molar-refractivity contribution < 1.29 is 0 Å². The van der Waals surface area contributed by atoms with Gasteiger partial charge in [0, 0.05) is 5.92 Å². The molecule has 178 valence electrons. The molecule has 1 aliphatic rings. The Labute approximate surface area is 220 Å². The Morgan fingerprint density at radius 3 is 1.11 bits per heavy atom. The van der Waals surface area contributed by atoms with Crippen LogP contribution >= 0.6 is 0 Å². The van der Waals surface area contributed by atoms with Gasteiger partial charge in [0.15, 0.2) is 0 Å². The zero-order chi connectivity index (χ0) is 25.0. The molecule has 6 rings (SSSR count). The van der Waals surface area contributed by atoms with Gasteiger partial charge < -0.3 is 0 Å². The van der Waals surface area contributed by atoms with Crippen molar-refractivity contribution in [2.45, 2.75) is 12.8 Å². The van der Waals surface area contributed by atoms with Crippen molar-refractivity contribution in [1.29, 1.82) is 0 Å². The zero-order valence-corrected chi connectivity index (χ0v) is 21.1. The lowest BCUT2D eigenvalue weighted by molar-refractivity contribution is 0.671. The topological polar surface area (TPSA) is 0 Å². The fourth-order valence-corrected chi connectivity index (χ4v) is 5.96. The van der Waals surface area contributed by atoms with E-state index in [0.717, 1.165) is 0 Å². The normalized spacial score (nSPS) is 17.6. The molecule has 0 heteroatoms. The molecule has 1 aliphatic carbocycles. The highest BCUT2D eigenvalue weighted by Crippen LogP contribution is 2.56. The summed E-state index contributed by atoms with van der Waals surface area (Å²) in [5, 5.41) is 0. The van der Waals surface area contributed by atoms with E-state index in [1.807, 2.05) is 0 Å². The van der Waals surface area contributed by atoms with Crippen LogP contribution in [0.3, 0.4) is 0 Å². The Morgan fingerprint density at radius 2 is 0.676 bits per heavy atom. The summed E-state index contributed by atoms with van der Waals surface area (Å²) in [7, 11) is 0. The number of rotatable bonds is 5. The summed E-state index contributed by atoms with van der Waals surface area (Å²) in [5.74, 6) is 0.476. The molecule has 2 atom stereocenters. The molecule has 0 radical (unpaired) electrons. The molecule has 0 N–H and O–H groups in total. The highest BCUT2D eigenvalue weighted by molar-refractivity contribution is 6.24. The van der Waals surface area contributed by atoms with E-state index in [1.54, 1.807) is 0 Å². The minimum atomic E-state index is 0.210. The SMILES string of the molecule is CC1C(c2ccccc2)=C(c2ccccc2)C(c2ccccc2)=C(c2ccccc2)C1c1ccccc1. The first-order chi connectivity index (χ1) is 18.3. The van der Waals surface area contributed by atoms with Gasteiger partial charge in [0.25, 0.3) is 0 Å². The van der Waals surface area contributed by atoms with E-state index in [2.05, 4.69) is 159 Å². The fraction of sp³-hybridized carbons (Fsp3) is 0.0811. The van der Waals surface area contributed by atoms with Crippen LogP contribution in [-0.4, -0.2) is 0 Å². The molecule has 0 heterocycles. The molecule has 5 aromatic rings. The largest absolute Gasteiger partial charge is 0.0622 e. The lowest BCUT2D eigenvalue weighted by Crippen LogP contribution is -2.21. The van der Waals surface area contributed by atoms with Gasteiger partial charge in [-0.2, -0.15) is 0 Å². The summed E-state index contributed by atoms with van der Waals surface area (Å²) in [6, 6.07) is 54.9. The van der Waals surface area contributed by atoms with Gasteiger partial charge in [-0.1, -0.05) is 159 Å². The van der Waals surface area contributed by atoms with Crippen LogP contribution in [0.25, 0.3) is 22.3 Å². The summed E-state index contributed by atoms with van der Waals surface area (Å²) in [6.45, 7) is 2.41. The molecule has 0 aromatic heterocycles. The molecule has 0 saturated heterocycles. The molecule has 0 amide bonds. The summed E-state index contributed by atoms with van der Waals surface area (Å²) >= 11 is 0. The van der Waals surface area contributed by atoms with Crippen molar-refractivity contribution in [3.8, 4) is 0 Å². The zero-order valence-electron chi connectivity index (χ0n) is 21.1. The van der Waals surface area contributed by atoms with Crippen molar-refractivity contribution in [1.82, 2.24) is 0 Å². The minimum absolute atomic E-state index is 0.210. The van der Waals surface area contributed by atoms with Gasteiger partial charge in [-0.3, -0.25) is 0 Å². The number of allylic oxidation sites excluding steroid dienone is 4. The number of hydrogen-bond donors (Lipinski definition) is 0. The monoisotopic (exact) mass is 474 g/mol. The molecule has 5 aromatic carbocycles. The Morgan fingerprint density at radius 1 is 0.351 bits per heavy atom. The number of benzene rings is 5. The Hall–Kier alpha value is -4.42. The van der Waals surface area contributed by atoms with Crippen LogP contribution in [0.15, 0.2) is 152 Å². The summed E-state index contributed by atoms with van der Waals surface area (Å²) in [4.78, 5) is 0. The second kappa shape index (κ2) is 10.3. The van der Waals surface area contributed by atoms with Gasteiger partial charge in [0.1, 0.15) is 0 Å². The van der Waals surface area contributed by atoms with E-state index in [9.17, 15) is 0 Å². The van der Waals surface area contributed by atoms with Crippen LogP contribution in [0.1, 0.15) is 40.7 Å². The van der Waals surface area contributed by atoms with Crippen molar-refractivity contribution in [3.63, 3.8) is 0 Å². The van der Waals surface area contributed by atoms with Crippen LogP contribution in [0.5, 0.6) is 0 Å². The van der Waals surface area contributed by atoms with E-state index in [0.29, 0.717) is 0 Å². The molecule has 0 nitrogen and oxygen atoms in total. The van der Waals surface area contributed by atoms with E-state index < -0.39 is 0 Å². The Kier molecular flexibility index (Phi) is 6.40. The average molecular weight is 475 g/mol. The predicted molar refractivity (Wildman–Crippen MR) is 158 cm³/mol. The highest BCUT2D eigenvalue weighted by Gasteiger charge is 2.37. The van der Waals surface area contributed by atoms with Crippen molar-refractivity contribution in [2.75, 3.05) is 0 Å². The maximum Gasteiger partial charge on any atom is 0.0168 e. The third-order valence-corrected chi connectivity index (χ3v) is 7.51. The third kappa shape index (κ3) is 4.36. The van der Waals surface area contributed by atoms with Crippen LogP contribution in [0, 0.1) is 5.92 Å². The Balaban J connectivity index is 1.79. The predicted octanol–water partition coefficient (Wildman–Crippen LogP) is 9.64. The lowest BCUT2D eigenvalue weighted by atomic mass is 9.64. The number of hydrogen-bond acceptors (Lipinski definition) is 0. The van der Waals surface area contributed by atoms with E-state index in [-0.39, 0.29) is 11.8 Å². The quantitative estimate of drug-likeness (QED) is 0.238. The maximum atomic E-state index is 2.41. The standard InChI is InChI=1S/C37H30/c1-27-33(28-17-7-2-8-18-28)35(30-21-11-4-12-22-30)37(32-25-15-6-16-26-32)36(31-23-13-5-14-24-31)34(27)29-19-9-3-10-20-29/h2-27,33H,1H3. The van der Waals surface area contributed by atoms with Crippen molar-refractivity contribution in [2.24, 2.45) is 5.92 Å². The van der Waals surface area contributed by atoms with Crippen LogP contribution in [-0.2, 0) is 0 Å². The first-order valence-corrected chi connectivity index (χ1v) is 13.1. The average Bonchev–Trinajstić information content (AvgIpc) is 2.98. The second-order valence-electron chi connectivity index (χ2n) is 9.72. The summed E-state index contributed by atoms with van der Waals surface area (Å²) < 4.78 is 0. The van der Waals surface area contributed by atoms with Crippen LogP contribution in [0.2, 0.25) is 0 Å². The molecule has 0 saturated carbocycles. The van der Waals surface area contributed by atoms with E-state index >= 15 is 0 Å². The molecular formula is C37H30. The van der Waals surface area contributed by atoms with Gasteiger partial charge >= 0.3 is 0 Å². The van der Waals surface area contributed by atoms with Gasteiger partial charge in [-0.25, -0.2) is 0 Å². The highest BCUT2D eigenvalue weighted by atomic mass is 14.4. The van der Waals surface area contributed by atoms with Crippen molar-refractivity contribution >= 4 is 22.3 Å². The molecule has 2 unspecified atom stereocenters. The van der Waals surface area contributed by atoms with Crippen LogP contribution < -0.4 is 0 Å². The Bertz CT molecular complexity index is 1530. The third-order valence-electron chi connectivity index (χ3n) is 7.51. The van der Waals surface area contributed by atoms with E-state index in [4.69, 9.17) is 0 Å². The van der Waals surface area contributed by atoms with Gasteiger partial charge in [-0.15, -0.1) is 0 Å². The molecule has 37 heavy (non-hydrogen) atoms. The van der Waals surface area contributed by atoms with E-state index in [1.165, 1.54) is 50.1 Å². The molecule has 0 bridgehead atoms. The lowest BCUT2D eigenvalue weighted by Gasteiger charge is -2.39. The fourth-order valence-electron chi connectivity index (χ4n) is 5.96. The second-order valence-corrected chi connectivity index (χ2v) is 9.72. The van der Waals surface area contributed by atoms with Crippen molar-refractivity contribution in [3.05, 3.63) is 179 Å². The maximum absolute atomic E-state index is 2.41. The van der Waals surface area contributed by atoms with Gasteiger partial charge in [0.2, 0.25) is 0 Å². The molecule has 0 fully saturated rings. The van der Waals surface area contributed by atoms with Gasteiger partial charge in [0.05, 0.1) is 0 Å². The van der Waals surface area contributed by atoms with Crippen LogP contribution in [0.4, 0.5) is 0 Å². The summed E-state index contributed by atoms with van der Waals surface area (Å²) in [6.07, 6.45) is 0.